The van der Waals surface area contributed by atoms with Crippen LogP contribution >= 0.6 is 0 Å². The van der Waals surface area contributed by atoms with Gasteiger partial charge in [-0.25, -0.2) is 8.42 Å². The Morgan fingerprint density at radius 1 is 1.26 bits per heavy atom. The molecule has 0 saturated carbocycles. The highest BCUT2D eigenvalue weighted by molar-refractivity contribution is 7.91. The summed E-state index contributed by atoms with van der Waals surface area (Å²) in [6.45, 7) is 0.413. The Labute approximate surface area is 113 Å². The van der Waals surface area contributed by atoms with Gasteiger partial charge in [0, 0.05) is 20.1 Å². The molecule has 19 heavy (non-hydrogen) atoms. The molecule has 1 aromatic rings. The van der Waals surface area contributed by atoms with Crippen molar-refractivity contribution in [3.05, 3.63) is 29.8 Å². The van der Waals surface area contributed by atoms with E-state index in [1.165, 1.54) is 19.2 Å². The van der Waals surface area contributed by atoms with Crippen molar-refractivity contribution in [3.63, 3.8) is 0 Å². The van der Waals surface area contributed by atoms with E-state index >= 15 is 0 Å². The molecule has 1 N–H and O–H groups in total. The molecule has 0 unspecified atom stereocenters. The summed E-state index contributed by atoms with van der Waals surface area (Å²) in [5.41, 5.74) is 0.818. The fraction of sp³-hybridized carbons (Fsp3) is 0.462. The average molecular weight is 286 g/mol. The van der Waals surface area contributed by atoms with E-state index in [1.54, 1.807) is 12.1 Å². The standard InChI is InChI=1S/C13H18O5S/c1-18-9-2-10-19(16,17)12-6-3-11(4-7-12)5-8-13(14)15/h3-4,6-7H,2,5,8-10H2,1H3,(H,14,15). The van der Waals surface area contributed by atoms with Crippen molar-refractivity contribution in [1.29, 1.82) is 0 Å². The second kappa shape index (κ2) is 7.25. The smallest absolute Gasteiger partial charge is 0.303 e. The lowest BCUT2D eigenvalue weighted by Crippen LogP contribution is -2.09. The number of carboxylic acid groups (broad SMARTS) is 1. The Morgan fingerprint density at radius 3 is 2.42 bits per heavy atom. The molecule has 0 heterocycles. The summed E-state index contributed by atoms with van der Waals surface area (Å²) in [6.07, 6.45) is 0.902. The van der Waals surface area contributed by atoms with Gasteiger partial charge in [-0.05, 0) is 30.5 Å². The average Bonchev–Trinajstić information content (AvgIpc) is 2.37. The van der Waals surface area contributed by atoms with Crippen LogP contribution in [0.15, 0.2) is 29.2 Å². The van der Waals surface area contributed by atoms with Crippen molar-refractivity contribution >= 4 is 15.8 Å². The van der Waals surface area contributed by atoms with Gasteiger partial charge in [-0.15, -0.1) is 0 Å². The molecule has 106 valence electrons. The molecule has 0 aliphatic carbocycles. The van der Waals surface area contributed by atoms with Crippen molar-refractivity contribution in [2.45, 2.75) is 24.2 Å². The first-order valence-electron chi connectivity index (χ1n) is 5.98. The van der Waals surface area contributed by atoms with Crippen molar-refractivity contribution < 1.29 is 23.1 Å². The van der Waals surface area contributed by atoms with Gasteiger partial charge in [0.25, 0.3) is 0 Å². The van der Waals surface area contributed by atoms with E-state index < -0.39 is 15.8 Å². The van der Waals surface area contributed by atoms with E-state index in [2.05, 4.69) is 0 Å². The summed E-state index contributed by atoms with van der Waals surface area (Å²) in [5, 5.41) is 8.57. The predicted octanol–water partition coefficient (Wildman–Crippen LogP) is 1.51. The zero-order valence-electron chi connectivity index (χ0n) is 10.8. The van der Waals surface area contributed by atoms with E-state index in [4.69, 9.17) is 9.84 Å². The number of ether oxygens (including phenoxy) is 1. The number of aryl methyl sites for hydroxylation is 1. The molecule has 6 heteroatoms. The van der Waals surface area contributed by atoms with E-state index in [0.29, 0.717) is 19.4 Å². The third-order valence-corrected chi connectivity index (χ3v) is 4.49. The van der Waals surface area contributed by atoms with Crippen molar-refractivity contribution in [2.75, 3.05) is 19.5 Å². The highest BCUT2D eigenvalue weighted by atomic mass is 32.2. The van der Waals surface area contributed by atoms with E-state index in [0.717, 1.165) is 5.56 Å². The van der Waals surface area contributed by atoms with Gasteiger partial charge in [0.1, 0.15) is 0 Å². The maximum absolute atomic E-state index is 11.9. The third kappa shape index (κ3) is 5.40. The summed E-state index contributed by atoms with van der Waals surface area (Å²) in [6, 6.07) is 6.37. The number of sulfone groups is 1. The van der Waals surface area contributed by atoms with Gasteiger partial charge in [-0.2, -0.15) is 0 Å². The predicted molar refractivity (Wildman–Crippen MR) is 70.9 cm³/mol. The van der Waals surface area contributed by atoms with E-state index in [9.17, 15) is 13.2 Å². The summed E-state index contributed by atoms with van der Waals surface area (Å²) in [5.74, 6) is -0.814. The largest absolute Gasteiger partial charge is 0.481 e. The van der Waals surface area contributed by atoms with Crippen LogP contribution in [0, 0.1) is 0 Å². The molecule has 0 atom stereocenters. The summed E-state index contributed by atoms with van der Waals surface area (Å²) < 4.78 is 28.7. The Hall–Kier alpha value is -1.40. The molecule has 0 spiro atoms. The third-order valence-electron chi connectivity index (χ3n) is 2.67. The van der Waals surface area contributed by atoms with Gasteiger partial charge in [-0.3, -0.25) is 4.79 Å². The van der Waals surface area contributed by atoms with Gasteiger partial charge < -0.3 is 9.84 Å². The maximum Gasteiger partial charge on any atom is 0.303 e. The monoisotopic (exact) mass is 286 g/mol. The lowest BCUT2D eigenvalue weighted by Gasteiger charge is -2.05. The second-order valence-corrected chi connectivity index (χ2v) is 6.31. The normalized spacial score (nSPS) is 11.4. The van der Waals surface area contributed by atoms with Crippen LogP contribution in [0.2, 0.25) is 0 Å². The second-order valence-electron chi connectivity index (χ2n) is 4.20. The Bertz CT molecular complexity index is 504. The minimum absolute atomic E-state index is 0.0416. The number of methoxy groups -OCH3 is 1. The Morgan fingerprint density at radius 2 is 1.89 bits per heavy atom. The number of carboxylic acids is 1. The van der Waals surface area contributed by atoms with Crippen LogP contribution in [-0.2, 0) is 25.8 Å². The molecule has 5 nitrogen and oxygen atoms in total. The molecule has 0 amide bonds. The van der Waals surface area contributed by atoms with Crippen LogP contribution in [-0.4, -0.2) is 39.0 Å². The highest BCUT2D eigenvalue weighted by Gasteiger charge is 2.13. The number of aliphatic carboxylic acids is 1. The van der Waals surface area contributed by atoms with Crippen LogP contribution < -0.4 is 0 Å². The zero-order chi connectivity index (χ0) is 14.3. The fourth-order valence-electron chi connectivity index (χ4n) is 1.63. The van der Waals surface area contributed by atoms with Crippen LogP contribution in [0.3, 0.4) is 0 Å². The minimum atomic E-state index is -3.28. The van der Waals surface area contributed by atoms with Gasteiger partial charge in [0.2, 0.25) is 0 Å². The molecule has 0 radical (unpaired) electrons. The summed E-state index contributed by atoms with van der Waals surface area (Å²) in [4.78, 5) is 10.7. The zero-order valence-corrected chi connectivity index (χ0v) is 11.6. The first-order valence-corrected chi connectivity index (χ1v) is 7.63. The molecule has 0 aliphatic rings. The lowest BCUT2D eigenvalue weighted by molar-refractivity contribution is -0.136. The van der Waals surface area contributed by atoms with E-state index in [-0.39, 0.29) is 17.1 Å². The van der Waals surface area contributed by atoms with Crippen LogP contribution in [0.25, 0.3) is 0 Å². The molecule has 0 saturated heterocycles. The first-order chi connectivity index (χ1) is 8.95. The Balaban J connectivity index is 2.66. The minimum Gasteiger partial charge on any atom is -0.481 e. The van der Waals surface area contributed by atoms with Gasteiger partial charge >= 0.3 is 5.97 Å². The molecular weight excluding hydrogens is 268 g/mol. The number of carbonyl (C=O) groups is 1. The van der Waals surface area contributed by atoms with Crippen LogP contribution in [0.5, 0.6) is 0 Å². The number of rotatable bonds is 8. The van der Waals surface area contributed by atoms with Gasteiger partial charge in [0.15, 0.2) is 9.84 Å². The molecule has 0 bridgehead atoms. The number of hydrogen-bond acceptors (Lipinski definition) is 4. The van der Waals surface area contributed by atoms with Crippen molar-refractivity contribution in [3.8, 4) is 0 Å². The van der Waals surface area contributed by atoms with Gasteiger partial charge in [0.05, 0.1) is 10.6 Å². The highest BCUT2D eigenvalue weighted by Crippen LogP contribution is 2.14. The lowest BCUT2D eigenvalue weighted by atomic mass is 10.1. The fourth-order valence-corrected chi connectivity index (χ4v) is 2.91. The molecule has 1 aromatic carbocycles. The van der Waals surface area contributed by atoms with Crippen molar-refractivity contribution in [2.24, 2.45) is 0 Å². The molecular formula is C13H18O5S. The van der Waals surface area contributed by atoms with Gasteiger partial charge in [-0.1, -0.05) is 12.1 Å². The SMILES string of the molecule is COCCCS(=O)(=O)c1ccc(CCC(=O)O)cc1. The Kier molecular flexibility index (Phi) is 5.98. The maximum atomic E-state index is 11.9. The summed E-state index contributed by atoms with van der Waals surface area (Å²) in [7, 11) is -1.75. The first kappa shape index (κ1) is 15.7. The molecule has 0 fully saturated rings. The topological polar surface area (TPSA) is 80.7 Å². The molecule has 1 rings (SSSR count). The van der Waals surface area contributed by atoms with Crippen LogP contribution in [0.1, 0.15) is 18.4 Å². The van der Waals surface area contributed by atoms with Crippen molar-refractivity contribution in [1.82, 2.24) is 0 Å². The molecule has 0 aromatic heterocycles. The summed E-state index contributed by atoms with van der Waals surface area (Å²) >= 11 is 0. The number of benzene rings is 1. The quantitative estimate of drug-likeness (QED) is 0.733. The number of hydrogen-bond donors (Lipinski definition) is 1. The van der Waals surface area contributed by atoms with Crippen LogP contribution in [0.4, 0.5) is 0 Å². The van der Waals surface area contributed by atoms with E-state index in [1.807, 2.05) is 0 Å². The molecule has 0 aliphatic heterocycles.